The second-order valence-electron chi connectivity index (χ2n) is 10.4. The molecule has 0 aliphatic heterocycles. The quantitative estimate of drug-likeness (QED) is 0.124. The molecule has 0 saturated carbocycles. The van der Waals surface area contributed by atoms with E-state index in [1.807, 2.05) is 0 Å². The van der Waals surface area contributed by atoms with Gasteiger partial charge in [0.15, 0.2) is 0 Å². The zero-order chi connectivity index (χ0) is 38.8. The summed E-state index contributed by atoms with van der Waals surface area (Å²) >= 11 is 0. The zero-order valence-corrected chi connectivity index (χ0v) is 25.8. The van der Waals surface area contributed by atoms with Crippen LogP contribution in [0.25, 0.3) is 10.8 Å². The first-order chi connectivity index (χ1) is 21.6. The molecule has 0 aromatic heterocycles. The van der Waals surface area contributed by atoms with Gasteiger partial charge in [-0.3, -0.25) is 0 Å². The number of halogens is 24. The molecule has 2 rings (SSSR count). The Morgan fingerprint density at radius 3 is 1.06 bits per heavy atom. The first-order valence-electron chi connectivity index (χ1n) is 12.4. The molecule has 0 nitrogen and oxygen atoms in total. The number of rotatable bonds is 15. The molecule has 25 heteroatoms. The number of hydrogen-bond acceptors (Lipinski definition) is 0. The molecular formula is C25H14F24Na. The number of hydrogen-bond donors (Lipinski definition) is 0. The molecule has 1 radical (unpaired) electrons. The number of benzene rings is 2. The van der Waals surface area contributed by atoms with Crippen LogP contribution < -0.4 is 0 Å². The van der Waals surface area contributed by atoms with Crippen LogP contribution in [0.15, 0.2) is 30.3 Å². The summed E-state index contributed by atoms with van der Waals surface area (Å²) in [7, 11) is 0. The Bertz CT molecular complexity index is 1480. The largest absolute Gasteiger partial charge is 0.378 e. The van der Waals surface area contributed by atoms with Crippen molar-refractivity contribution in [2.45, 2.75) is 91.8 Å². The van der Waals surface area contributed by atoms with E-state index in [0.717, 1.165) is 0 Å². The minimum absolute atomic E-state index is 0. The Balaban J connectivity index is 0.0000125. The average molecular weight is 793 g/mol. The van der Waals surface area contributed by atoms with Gasteiger partial charge in [0.1, 0.15) is 0 Å². The van der Waals surface area contributed by atoms with Crippen molar-refractivity contribution >= 4 is 40.3 Å². The number of fused-ring (bicyclic) bond motifs is 1. The van der Waals surface area contributed by atoms with Gasteiger partial charge in [-0.15, -0.1) is 0 Å². The molecular weight excluding hydrogens is 779 g/mol. The van der Waals surface area contributed by atoms with Crippen molar-refractivity contribution in [1.82, 2.24) is 0 Å². The molecule has 0 saturated heterocycles. The summed E-state index contributed by atoms with van der Waals surface area (Å²) in [6.45, 7) is 0. The fraction of sp³-hybridized carbons (Fsp3) is 0.600. The first-order valence-corrected chi connectivity index (χ1v) is 12.4. The molecule has 0 unspecified atom stereocenters. The summed E-state index contributed by atoms with van der Waals surface area (Å²) in [6.07, 6.45) is -27.5. The smallest absolute Gasteiger partial charge is 0.203 e. The van der Waals surface area contributed by atoms with E-state index >= 15 is 0 Å². The molecule has 0 N–H and O–H groups in total. The van der Waals surface area contributed by atoms with E-state index in [1.54, 1.807) is 0 Å². The monoisotopic (exact) mass is 793 g/mol. The van der Waals surface area contributed by atoms with Gasteiger partial charge >= 0.3 is 72.6 Å². The van der Waals surface area contributed by atoms with Crippen LogP contribution in [0.2, 0.25) is 0 Å². The van der Waals surface area contributed by atoms with Crippen molar-refractivity contribution in [2.24, 2.45) is 0 Å². The van der Waals surface area contributed by atoms with Gasteiger partial charge in [0, 0.05) is 48.8 Å². The molecule has 0 spiro atoms. The van der Waals surface area contributed by atoms with Crippen molar-refractivity contribution in [3.8, 4) is 0 Å². The molecule has 0 heterocycles. The summed E-state index contributed by atoms with van der Waals surface area (Å²) in [4.78, 5) is 0. The summed E-state index contributed by atoms with van der Waals surface area (Å²) in [5.41, 5.74) is -7.42. The van der Waals surface area contributed by atoms with E-state index in [0.29, 0.717) is 18.2 Å². The minimum atomic E-state index is -7.42. The molecule has 283 valence electrons. The van der Waals surface area contributed by atoms with Gasteiger partial charge in [0.05, 0.1) is 0 Å². The fourth-order valence-electron chi connectivity index (χ4n) is 4.27. The molecule has 0 aliphatic carbocycles. The number of alkyl halides is 24. The van der Waals surface area contributed by atoms with Crippen LogP contribution in [-0.4, -0.2) is 102 Å². The second kappa shape index (κ2) is 14.1. The molecule has 2 aromatic rings. The third-order valence-electron chi connectivity index (χ3n) is 7.03. The van der Waals surface area contributed by atoms with E-state index in [4.69, 9.17) is 0 Å². The molecule has 0 fully saturated rings. The molecule has 0 aliphatic rings. The summed E-state index contributed by atoms with van der Waals surface area (Å²) < 4.78 is 330. The predicted octanol–water partition coefficient (Wildman–Crippen LogP) is 10.6. The standard InChI is InChI=1S/C25H14F24.Na/c26-14(27)20(38,39)23(44,45)17(32,33)6-10-5-9-3-1-2-4-11(9)13(8-19(36,37)25(48,49)22(42,43)16(30)31)12(10)7-18(34,35)24(46,47)21(40,41)15(28)29;/h1-5,14-16H,6-8H2;. The van der Waals surface area contributed by atoms with Gasteiger partial charge in [-0.1, -0.05) is 30.3 Å². The molecule has 0 bridgehead atoms. The van der Waals surface area contributed by atoms with Crippen LogP contribution in [0.1, 0.15) is 16.7 Å². The predicted molar refractivity (Wildman–Crippen MR) is 123 cm³/mol. The van der Waals surface area contributed by atoms with Crippen LogP contribution >= 0.6 is 0 Å². The van der Waals surface area contributed by atoms with Gasteiger partial charge in [0.2, 0.25) is 0 Å². The normalized spacial score (nSPS) is 15.0. The van der Waals surface area contributed by atoms with Crippen LogP contribution in [-0.2, 0) is 19.3 Å². The minimum Gasteiger partial charge on any atom is -0.203 e. The maximum Gasteiger partial charge on any atom is 0.378 e. The molecule has 0 amide bonds. The van der Waals surface area contributed by atoms with Gasteiger partial charge < -0.3 is 0 Å². The van der Waals surface area contributed by atoms with Crippen LogP contribution in [0, 0.1) is 0 Å². The van der Waals surface area contributed by atoms with Crippen molar-refractivity contribution < 1.29 is 105 Å². The van der Waals surface area contributed by atoms with Crippen LogP contribution in [0.5, 0.6) is 0 Å². The molecule has 0 atom stereocenters. The van der Waals surface area contributed by atoms with E-state index in [-0.39, 0.29) is 41.7 Å². The summed E-state index contributed by atoms with van der Waals surface area (Å²) in [5, 5.41) is -2.52. The molecule has 50 heavy (non-hydrogen) atoms. The van der Waals surface area contributed by atoms with Crippen LogP contribution in [0.4, 0.5) is 105 Å². The summed E-state index contributed by atoms with van der Waals surface area (Å²) in [5.74, 6) is -63.7. The van der Waals surface area contributed by atoms with Gasteiger partial charge in [0.25, 0.3) is 0 Å². The topological polar surface area (TPSA) is 0 Å². The van der Waals surface area contributed by atoms with Gasteiger partial charge in [-0.05, 0) is 27.5 Å². The third kappa shape index (κ3) is 7.43. The third-order valence-corrected chi connectivity index (χ3v) is 7.03. The van der Waals surface area contributed by atoms with E-state index in [2.05, 4.69) is 0 Å². The Morgan fingerprint density at radius 2 is 0.720 bits per heavy atom. The van der Waals surface area contributed by atoms with Crippen molar-refractivity contribution in [2.75, 3.05) is 0 Å². The van der Waals surface area contributed by atoms with Gasteiger partial charge in [-0.25, -0.2) is 26.3 Å². The van der Waals surface area contributed by atoms with Crippen molar-refractivity contribution in [3.05, 3.63) is 47.0 Å². The van der Waals surface area contributed by atoms with E-state index in [1.165, 1.54) is 0 Å². The average Bonchev–Trinajstić information content (AvgIpc) is 2.93. The second-order valence-corrected chi connectivity index (χ2v) is 10.4. The summed E-state index contributed by atoms with van der Waals surface area (Å²) in [6, 6.07) is 1.71. The van der Waals surface area contributed by atoms with Crippen molar-refractivity contribution in [1.29, 1.82) is 0 Å². The Hall–Kier alpha value is -1.98. The molecule has 2 aromatic carbocycles. The van der Waals surface area contributed by atoms with Crippen molar-refractivity contribution in [3.63, 3.8) is 0 Å². The maximum absolute atomic E-state index is 14.8. The van der Waals surface area contributed by atoms with Gasteiger partial charge in [-0.2, -0.15) is 79.0 Å². The van der Waals surface area contributed by atoms with E-state index < -0.39 is 119 Å². The zero-order valence-electron chi connectivity index (χ0n) is 23.8. The Labute approximate surface area is 284 Å². The Kier molecular flexibility index (Phi) is 13.0. The van der Waals surface area contributed by atoms with Crippen LogP contribution in [0.3, 0.4) is 0 Å². The fourth-order valence-corrected chi connectivity index (χ4v) is 4.27. The first kappa shape index (κ1) is 46.0. The Morgan fingerprint density at radius 1 is 0.420 bits per heavy atom. The maximum atomic E-state index is 14.8. The van der Waals surface area contributed by atoms with E-state index in [9.17, 15) is 105 Å². The SMILES string of the molecule is FC(F)C(F)(F)C(F)(F)C(F)(F)Cc1cc2ccccc2c(CC(F)(F)C(F)(F)C(F)(F)C(F)F)c1CC(F)(F)C(F)(F)C(F)(F)C(F)F.[Na].